The molecule has 0 spiro atoms. The van der Waals surface area contributed by atoms with Gasteiger partial charge in [-0.1, -0.05) is 36.5 Å². The zero-order valence-corrected chi connectivity index (χ0v) is 8.34. The standard InChI is InChI=1S/C12H14O3/c13-11(7-3-1-4-8-11)15-12(14)9-5-2-6-10-12/h1-7,9,13-14H,8,10H2. The van der Waals surface area contributed by atoms with Crippen LogP contribution in [0.2, 0.25) is 0 Å². The van der Waals surface area contributed by atoms with E-state index in [9.17, 15) is 10.2 Å². The lowest BCUT2D eigenvalue weighted by atomic mass is 10.0. The highest BCUT2D eigenvalue weighted by Crippen LogP contribution is 2.29. The van der Waals surface area contributed by atoms with Crippen LogP contribution in [0.4, 0.5) is 0 Å². The van der Waals surface area contributed by atoms with Crippen molar-refractivity contribution in [1.82, 2.24) is 0 Å². The summed E-state index contributed by atoms with van der Waals surface area (Å²) < 4.78 is 5.34. The molecular weight excluding hydrogens is 192 g/mol. The van der Waals surface area contributed by atoms with Crippen LogP contribution < -0.4 is 0 Å². The molecule has 2 rings (SSSR count). The number of allylic oxidation sites excluding steroid dienone is 4. The molecule has 0 amide bonds. The van der Waals surface area contributed by atoms with Crippen molar-refractivity contribution in [3.63, 3.8) is 0 Å². The van der Waals surface area contributed by atoms with Crippen LogP contribution in [0.5, 0.6) is 0 Å². The number of aliphatic hydroxyl groups is 2. The van der Waals surface area contributed by atoms with Crippen molar-refractivity contribution < 1.29 is 14.9 Å². The minimum Gasteiger partial charge on any atom is -0.362 e. The van der Waals surface area contributed by atoms with E-state index in [-0.39, 0.29) is 0 Å². The Labute approximate surface area is 88.7 Å². The molecule has 0 saturated carbocycles. The quantitative estimate of drug-likeness (QED) is 0.672. The van der Waals surface area contributed by atoms with Crippen molar-refractivity contribution in [3.8, 4) is 0 Å². The molecule has 2 unspecified atom stereocenters. The van der Waals surface area contributed by atoms with E-state index in [0.29, 0.717) is 12.8 Å². The summed E-state index contributed by atoms with van der Waals surface area (Å²) in [4.78, 5) is 0. The van der Waals surface area contributed by atoms with E-state index in [0.717, 1.165) is 0 Å². The monoisotopic (exact) mass is 206 g/mol. The van der Waals surface area contributed by atoms with E-state index in [2.05, 4.69) is 0 Å². The van der Waals surface area contributed by atoms with Crippen molar-refractivity contribution in [2.24, 2.45) is 0 Å². The van der Waals surface area contributed by atoms with Gasteiger partial charge in [-0.05, 0) is 12.2 Å². The summed E-state index contributed by atoms with van der Waals surface area (Å²) >= 11 is 0. The van der Waals surface area contributed by atoms with Crippen molar-refractivity contribution in [2.75, 3.05) is 0 Å². The Hall–Kier alpha value is -1.16. The van der Waals surface area contributed by atoms with Gasteiger partial charge in [-0.15, -0.1) is 0 Å². The molecule has 3 heteroatoms. The van der Waals surface area contributed by atoms with Crippen molar-refractivity contribution in [3.05, 3.63) is 48.6 Å². The largest absolute Gasteiger partial charge is 0.362 e. The average Bonchev–Trinajstić information content (AvgIpc) is 2.18. The van der Waals surface area contributed by atoms with Crippen LogP contribution in [0.3, 0.4) is 0 Å². The van der Waals surface area contributed by atoms with Crippen LogP contribution in [0.25, 0.3) is 0 Å². The van der Waals surface area contributed by atoms with Gasteiger partial charge in [0.25, 0.3) is 0 Å². The lowest BCUT2D eigenvalue weighted by Gasteiger charge is -2.35. The smallest absolute Gasteiger partial charge is 0.192 e. The Morgan fingerprint density at radius 1 is 0.800 bits per heavy atom. The molecule has 0 heterocycles. The number of ether oxygens (including phenoxy) is 1. The third kappa shape index (κ3) is 2.45. The molecule has 0 fully saturated rings. The molecule has 0 aromatic rings. The molecule has 0 saturated heterocycles. The second kappa shape index (κ2) is 3.77. The van der Waals surface area contributed by atoms with E-state index in [1.165, 1.54) is 12.2 Å². The van der Waals surface area contributed by atoms with Crippen LogP contribution in [-0.2, 0) is 4.74 Å². The van der Waals surface area contributed by atoms with Crippen molar-refractivity contribution in [1.29, 1.82) is 0 Å². The summed E-state index contributed by atoms with van der Waals surface area (Å²) in [5.41, 5.74) is 0. The van der Waals surface area contributed by atoms with Gasteiger partial charge < -0.3 is 14.9 Å². The molecule has 80 valence electrons. The first kappa shape index (κ1) is 10.4. The lowest BCUT2D eigenvalue weighted by Crippen LogP contribution is -2.43. The van der Waals surface area contributed by atoms with E-state index < -0.39 is 11.6 Å². The van der Waals surface area contributed by atoms with Gasteiger partial charge in [0.05, 0.1) is 0 Å². The fraction of sp³-hybridized carbons (Fsp3) is 0.333. The molecular formula is C12H14O3. The first-order chi connectivity index (χ1) is 7.12. The molecule has 0 aromatic heterocycles. The summed E-state index contributed by atoms with van der Waals surface area (Å²) in [7, 11) is 0. The third-order valence-electron chi connectivity index (χ3n) is 2.38. The van der Waals surface area contributed by atoms with Crippen LogP contribution in [-0.4, -0.2) is 21.8 Å². The van der Waals surface area contributed by atoms with Crippen molar-refractivity contribution >= 4 is 0 Å². The molecule has 0 radical (unpaired) electrons. The van der Waals surface area contributed by atoms with Gasteiger partial charge in [0, 0.05) is 12.8 Å². The Bertz CT molecular complexity index is 320. The van der Waals surface area contributed by atoms with E-state index >= 15 is 0 Å². The topological polar surface area (TPSA) is 49.7 Å². The SMILES string of the molecule is OC1(OC2(O)C=CC=CC2)C=CC=CC1. The normalized spacial score (nSPS) is 38.5. The highest BCUT2D eigenvalue weighted by atomic mass is 16.7. The summed E-state index contributed by atoms with van der Waals surface area (Å²) in [5, 5.41) is 20.0. The molecule has 2 N–H and O–H groups in total. The lowest BCUT2D eigenvalue weighted by molar-refractivity contribution is -0.289. The number of hydrogen-bond donors (Lipinski definition) is 2. The summed E-state index contributed by atoms with van der Waals surface area (Å²) in [5.74, 6) is -2.81. The Morgan fingerprint density at radius 2 is 1.27 bits per heavy atom. The zero-order valence-electron chi connectivity index (χ0n) is 8.34. The minimum atomic E-state index is -1.40. The van der Waals surface area contributed by atoms with Crippen molar-refractivity contribution in [2.45, 2.75) is 24.4 Å². The predicted molar refractivity (Wildman–Crippen MR) is 56.8 cm³/mol. The second-order valence-corrected chi connectivity index (χ2v) is 3.77. The Morgan fingerprint density at radius 3 is 1.60 bits per heavy atom. The van der Waals surface area contributed by atoms with Crippen LogP contribution in [0.1, 0.15) is 12.8 Å². The molecule has 0 bridgehead atoms. The summed E-state index contributed by atoms with van der Waals surface area (Å²) in [6.45, 7) is 0. The fourth-order valence-electron chi connectivity index (χ4n) is 1.64. The average molecular weight is 206 g/mol. The maximum atomic E-state index is 10.0. The van der Waals surface area contributed by atoms with E-state index in [1.807, 2.05) is 12.2 Å². The van der Waals surface area contributed by atoms with Gasteiger partial charge in [-0.25, -0.2) is 0 Å². The molecule has 2 aliphatic rings. The van der Waals surface area contributed by atoms with Crippen LogP contribution in [0, 0.1) is 0 Å². The van der Waals surface area contributed by atoms with Crippen LogP contribution >= 0.6 is 0 Å². The molecule has 15 heavy (non-hydrogen) atoms. The van der Waals surface area contributed by atoms with Gasteiger partial charge in [0.1, 0.15) is 0 Å². The first-order valence-corrected chi connectivity index (χ1v) is 4.96. The highest BCUT2D eigenvalue weighted by molar-refractivity contribution is 5.18. The maximum absolute atomic E-state index is 10.0. The summed E-state index contributed by atoms with van der Waals surface area (Å²) in [6, 6.07) is 0. The highest BCUT2D eigenvalue weighted by Gasteiger charge is 2.36. The van der Waals surface area contributed by atoms with E-state index in [1.54, 1.807) is 24.3 Å². The second-order valence-electron chi connectivity index (χ2n) is 3.77. The molecule has 0 aliphatic heterocycles. The van der Waals surface area contributed by atoms with Crippen LogP contribution in [0.15, 0.2) is 48.6 Å². The zero-order chi connectivity index (χ0) is 10.8. The molecule has 2 atom stereocenters. The van der Waals surface area contributed by atoms with Gasteiger partial charge >= 0.3 is 0 Å². The Kier molecular flexibility index (Phi) is 2.61. The van der Waals surface area contributed by atoms with Gasteiger partial charge in [-0.3, -0.25) is 0 Å². The third-order valence-corrected chi connectivity index (χ3v) is 2.38. The van der Waals surface area contributed by atoms with E-state index in [4.69, 9.17) is 4.74 Å². The molecule has 3 nitrogen and oxygen atoms in total. The molecule has 2 aliphatic carbocycles. The predicted octanol–water partition coefficient (Wildman–Crippen LogP) is 1.41. The molecule has 0 aromatic carbocycles. The van der Waals surface area contributed by atoms with Gasteiger partial charge in [-0.2, -0.15) is 0 Å². The van der Waals surface area contributed by atoms with Gasteiger partial charge in [0.2, 0.25) is 0 Å². The number of rotatable bonds is 2. The summed E-state index contributed by atoms with van der Waals surface area (Å²) in [6.07, 6.45) is 14.4. The number of hydrogen-bond acceptors (Lipinski definition) is 3. The Balaban J connectivity index is 2.08. The van der Waals surface area contributed by atoms with Gasteiger partial charge in [0.15, 0.2) is 11.6 Å². The first-order valence-electron chi connectivity index (χ1n) is 4.96. The minimum absolute atomic E-state index is 0.351. The fourth-order valence-corrected chi connectivity index (χ4v) is 1.64. The maximum Gasteiger partial charge on any atom is 0.192 e.